The van der Waals surface area contributed by atoms with Crippen LogP contribution in [-0.2, 0) is 0 Å². The van der Waals surface area contributed by atoms with E-state index in [0.717, 1.165) is 5.52 Å². The number of nitrogens with one attached hydrogen (secondary N) is 6. The summed E-state index contributed by atoms with van der Waals surface area (Å²) >= 11 is 0. The van der Waals surface area contributed by atoms with Gasteiger partial charge in [-0.05, 0) is 0 Å². The average molecular weight is 423 g/mol. The van der Waals surface area contributed by atoms with Crippen LogP contribution in [-0.4, -0.2) is 59.8 Å². The van der Waals surface area contributed by atoms with Crippen molar-refractivity contribution in [2.45, 2.75) is 0 Å². The first kappa shape index (κ1) is 19.2. The Balaban J connectivity index is 0.000000113. The van der Waals surface area contributed by atoms with Crippen LogP contribution in [0.4, 0.5) is 5.95 Å². The largest absolute Gasteiger partial charge is 0.369 e. The third-order valence-corrected chi connectivity index (χ3v) is 3.74. The fourth-order valence-corrected chi connectivity index (χ4v) is 2.42. The van der Waals surface area contributed by atoms with Gasteiger partial charge < -0.3 is 20.7 Å². The Hall–Kier alpha value is -5.15. The monoisotopic (exact) mass is 423 g/mol. The van der Waals surface area contributed by atoms with Crippen molar-refractivity contribution < 1.29 is 0 Å². The lowest BCUT2D eigenvalue weighted by Crippen LogP contribution is -2.21. The van der Waals surface area contributed by atoms with E-state index >= 15 is 0 Å². The van der Waals surface area contributed by atoms with E-state index in [2.05, 4.69) is 59.8 Å². The van der Waals surface area contributed by atoms with Gasteiger partial charge in [0, 0.05) is 0 Å². The summed E-state index contributed by atoms with van der Waals surface area (Å²) in [5, 5.41) is 0. The van der Waals surface area contributed by atoms with Gasteiger partial charge >= 0.3 is 5.69 Å². The molecular weight excluding hydrogens is 410 g/mol. The minimum Gasteiger partial charge on any atom is -0.369 e. The number of nitrogen functional groups attached to an aromatic ring is 1. The molecule has 0 amide bonds. The molecule has 8 N–H and O–H groups in total. The van der Waals surface area contributed by atoms with Crippen molar-refractivity contribution in [2.75, 3.05) is 5.73 Å². The summed E-state index contributed by atoms with van der Waals surface area (Å²) in [7, 11) is 0. The van der Waals surface area contributed by atoms with Crippen LogP contribution >= 0.6 is 0 Å². The topological polar surface area (TPSA) is 249 Å². The molecule has 16 nitrogen and oxygen atoms in total. The molecule has 0 saturated heterocycles. The standard InChI is InChI=1S/C5H5N5O.C5H4N4O2.C5H4N4/c6-5-9-3-2(4(11)10-5)7-1-8-3;10-4-2-3(7-1-6-2)8-5(11)9-4;1-4-5(8-2-6-1)9-3-7-4/h1H,(H4,6,7,8,9,10,11);1H,(H3,6,7,8,9,10,11);1-3H,(H,6,7,8,9). The van der Waals surface area contributed by atoms with E-state index in [0.29, 0.717) is 16.8 Å². The summed E-state index contributed by atoms with van der Waals surface area (Å²) in [6, 6.07) is 0. The molecule has 0 bridgehead atoms. The van der Waals surface area contributed by atoms with E-state index in [4.69, 9.17) is 5.73 Å². The van der Waals surface area contributed by atoms with E-state index in [-0.39, 0.29) is 22.7 Å². The van der Waals surface area contributed by atoms with Gasteiger partial charge in [-0.1, -0.05) is 0 Å². The van der Waals surface area contributed by atoms with Crippen molar-refractivity contribution in [3.63, 3.8) is 0 Å². The van der Waals surface area contributed by atoms with E-state index < -0.39 is 11.2 Å². The molecule has 6 rings (SSSR count). The van der Waals surface area contributed by atoms with E-state index in [1.54, 1.807) is 12.5 Å². The first-order valence-corrected chi connectivity index (χ1v) is 8.45. The number of nitrogens with two attached hydrogens (primary N) is 1. The highest BCUT2D eigenvalue weighted by atomic mass is 16.2. The highest BCUT2D eigenvalue weighted by Crippen LogP contribution is 1.99. The van der Waals surface area contributed by atoms with Gasteiger partial charge in [0.15, 0.2) is 22.5 Å². The maximum Gasteiger partial charge on any atom is 0.327 e. The number of aromatic amines is 6. The molecule has 0 radical (unpaired) electrons. The lowest BCUT2D eigenvalue weighted by atomic mass is 10.5. The molecule has 0 aliphatic rings. The molecular formula is C15H13N13O3. The molecule has 156 valence electrons. The van der Waals surface area contributed by atoms with Crippen LogP contribution in [0.2, 0.25) is 0 Å². The van der Waals surface area contributed by atoms with Crippen molar-refractivity contribution in [1.29, 1.82) is 0 Å². The Morgan fingerprint density at radius 1 is 0.742 bits per heavy atom. The predicted molar refractivity (Wildman–Crippen MR) is 108 cm³/mol. The summed E-state index contributed by atoms with van der Waals surface area (Å²) in [5.74, 6) is 0.0783. The van der Waals surface area contributed by atoms with Crippen LogP contribution in [0.1, 0.15) is 0 Å². The summed E-state index contributed by atoms with van der Waals surface area (Å²) in [6.07, 6.45) is 7.50. The van der Waals surface area contributed by atoms with Gasteiger partial charge in [-0.3, -0.25) is 24.5 Å². The van der Waals surface area contributed by atoms with Crippen LogP contribution in [0.3, 0.4) is 0 Å². The molecule has 0 aromatic carbocycles. The van der Waals surface area contributed by atoms with E-state index in [9.17, 15) is 14.4 Å². The zero-order valence-electron chi connectivity index (χ0n) is 15.4. The van der Waals surface area contributed by atoms with Gasteiger partial charge in [-0.25, -0.2) is 29.7 Å². The second-order valence-electron chi connectivity index (χ2n) is 5.75. The molecule has 0 unspecified atom stereocenters. The average Bonchev–Trinajstić information content (AvgIpc) is 3.49. The third kappa shape index (κ3) is 4.16. The Bertz CT molecular complexity index is 1600. The van der Waals surface area contributed by atoms with E-state index in [1.165, 1.54) is 19.0 Å². The van der Waals surface area contributed by atoms with Crippen molar-refractivity contribution in [3.05, 3.63) is 62.7 Å². The van der Waals surface area contributed by atoms with Gasteiger partial charge in [0.2, 0.25) is 5.95 Å². The number of fused-ring (bicyclic) bond motifs is 3. The molecule has 0 spiro atoms. The molecule has 6 aromatic heterocycles. The first-order chi connectivity index (χ1) is 15.0. The van der Waals surface area contributed by atoms with Gasteiger partial charge in [-0.15, -0.1) is 0 Å². The lowest BCUT2D eigenvalue weighted by Gasteiger charge is -1.89. The number of rotatable bonds is 0. The smallest absolute Gasteiger partial charge is 0.327 e. The number of hydrogen-bond acceptors (Lipinski definition) is 10. The Kier molecular flexibility index (Phi) is 4.99. The molecule has 0 aliphatic carbocycles. The Morgan fingerprint density at radius 2 is 1.45 bits per heavy atom. The number of aromatic nitrogens is 12. The Labute approximate surface area is 168 Å². The number of H-pyrrole nitrogens is 6. The molecule has 6 aromatic rings. The van der Waals surface area contributed by atoms with Crippen LogP contribution in [0.5, 0.6) is 0 Å². The summed E-state index contributed by atoms with van der Waals surface area (Å²) < 4.78 is 0. The molecule has 0 aliphatic heterocycles. The van der Waals surface area contributed by atoms with Crippen LogP contribution < -0.4 is 22.5 Å². The second kappa shape index (κ2) is 8.07. The fourth-order valence-electron chi connectivity index (χ4n) is 2.42. The minimum atomic E-state index is -0.547. The number of imidazole rings is 3. The lowest BCUT2D eigenvalue weighted by molar-refractivity contribution is 1.07. The fraction of sp³-hybridized carbons (Fsp3) is 0. The quantitative estimate of drug-likeness (QED) is 0.149. The van der Waals surface area contributed by atoms with Crippen LogP contribution in [0.25, 0.3) is 33.5 Å². The molecule has 0 atom stereocenters. The van der Waals surface area contributed by atoms with Crippen LogP contribution in [0, 0.1) is 0 Å². The maximum absolute atomic E-state index is 11.0. The van der Waals surface area contributed by atoms with Crippen molar-refractivity contribution >= 4 is 39.4 Å². The number of hydrogen-bond donors (Lipinski definition) is 7. The van der Waals surface area contributed by atoms with Gasteiger partial charge in [0.25, 0.3) is 11.1 Å². The highest BCUT2D eigenvalue weighted by molar-refractivity contribution is 5.69. The summed E-state index contributed by atoms with van der Waals surface area (Å²) in [6.45, 7) is 0. The van der Waals surface area contributed by atoms with Crippen molar-refractivity contribution in [3.8, 4) is 0 Å². The predicted octanol–water partition coefficient (Wildman–Crippen LogP) is -1.48. The molecule has 0 saturated carbocycles. The Morgan fingerprint density at radius 3 is 2.29 bits per heavy atom. The molecule has 16 heteroatoms. The normalized spacial score (nSPS) is 10.5. The van der Waals surface area contributed by atoms with Crippen molar-refractivity contribution in [1.82, 2.24) is 59.8 Å². The highest BCUT2D eigenvalue weighted by Gasteiger charge is 2.02. The summed E-state index contributed by atoms with van der Waals surface area (Å²) in [4.78, 5) is 70.3. The van der Waals surface area contributed by atoms with Gasteiger partial charge in [-0.2, -0.15) is 4.98 Å². The van der Waals surface area contributed by atoms with Crippen LogP contribution in [0.15, 0.2) is 45.9 Å². The molecule has 31 heavy (non-hydrogen) atoms. The zero-order valence-corrected chi connectivity index (χ0v) is 15.4. The number of anilines is 1. The molecule has 0 fully saturated rings. The van der Waals surface area contributed by atoms with E-state index in [1.807, 2.05) is 0 Å². The van der Waals surface area contributed by atoms with Gasteiger partial charge in [0.05, 0.1) is 25.2 Å². The zero-order chi connectivity index (χ0) is 21.8. The third-order valence-electron chi connectivity index (χ3n) is 3.74. The SMILES string of the molecule is Nc1nc2nc[nH]c2c(=O)[nH]1.O=c1[nH]c(=O)c2[nH]cnc2[nH]1.c1ncc2[nH]cnc2n1. The van der Waals surface area contributed by atoms with Crippen molar-refractivity contribution in [2.24, 2.45) is 0 Å². The van der Waals surface area contributed by atoms with Gasteiger partial charge in [0.1, 0.15) is 17.4 Å². The number of nitrogens with zero attached hydrogens (tertiary/aromatic N) is 6. The summed E-state index contributed by atoms with van der Waals surface area (Å²) in [5.41, 5.74) is 6.79. The molecule has 6 heterocycles. The maximum atomic E-state index is 11.0. The minimum absolute atomic E-state index is 0.0783. The second-order valence-corrected chi connectivity index (χ2v) is 5.75. The first-order valence-electron chi connectivity index (χ1n) is 8.45.